The van der Waals surface area contributed by atoms with Gasteiger partial charge in [-0.15, -0.1) is 0 Å². The van der Waals surface area contributed by atoms with Crippen LogP contribution < -0.4 is 0 Å². The second kappa shape index (κ2) is 5.60. The Morgan fingerprint density at radius 3 is 2.32 bits per heavy atom. The average molecular weight is 297 g/mol. The number of allylic oxidation sites excluding steroid dienone is 3. The molecule has 0 unspecified atom stereocenters. The Morgan fingerprint density at radius 1 is 1.26 bits per heavy atom. The number of rotatable bonds is 5. The van der Waals surface area contributed by atoms with Crippen LogP contribution in [0.5, 0.6) is 0 Å². The van der Waals surface area contributed by atoms with Crippen molar-refractivity contribution >= 4 is 16.4 Å². The van der Waals surface area contributed by atoms with Gasteiger partial charge < -0.3 is 4.43 Å². The minimum atomic E-state index is -1.48. The van der Waals surface area contributed by atoms with Crippen LogP contribution in [0.2, 0.25) is 45.3 Å². The third-order valence-corrected chi connectivity index (χ3v) is 6.03. The van der Waals surface area contributed by atoms with Crippen LogP contribution in [0.15, 0.2) is 24.0 Å². The number of hydrogen-bond acceptors (Lipinski definition) is 1. The zero-order chi connectivity index (χ0) is 14.9. The lowest BCUT2D eigenvalue weighted by Gasteiger charge is -2.39. The van der Waals surface area contributed by atoms with Crippen LogP contribution in [-0.2, 0) is 4.43 Å². The Kier molecular flexibility index (Phi) is 4.95. The summed E-state index contributed by atoms with van der Waals surface area (Å²) in [5.41, 5.74) is 1.71. The summed E-state index contributed by atoms with van der Waals surface area (Å²) in [6, 6.07) is 1.24. The van der Waals surface area contributed by atoms with Gasteiger partial charge >= 0.3 is 0 Å². The Bertz CT molecular complexity index is 371. The largest absolute Gasteiger partial charge is 0.548 e. The molecule has 0 aromatic carbocycles. The van der Waals surface area contributed by atoms with Crippen molar-refractivity contribution in [1.82, 2.24) is 0 Å². The summed E-state index contributed by atoms with van der Waals surface area (Å²) >= 11 is 0. The first kappa shape index (κ1) is 16.8. The van der Waals surface area contributed by atoms with E-state index in [-0.39, 0.29) is 5.41 Å². The molecule has 0 spiro atoms. The van der Waals surface area contributed by atoms with Crippen molar-refractivity contribution in [3.63, 3.8) is 0 Å². The van der Waals surface area contributed by atoms with Crippen molar-refractivity contribution in [2.45, 2.75) is 71.5 Å². The summed E-state index contributed by atoms with van der Waals surface area (Å²) in [6.45, 7) is 20.9. The van der Waals surface area contributed by atoms with E-state index in [1.54, 1.807) is 0 Å². The highest BCUT2D eigenvalue weighted by Gasteiger charge is 2.34. The molecule has 0 N–H and O–H groups in total. The zero-order valence-electron chi connectivity index (χ0n) is 14.0. The smallest absolute Gasteiger partial charge is 0.241 e. The molecule has 19 heavy (non-hydrogen) atoms. The molecule has 1 rings (SSSR count). The summed E-state index contributed by atoms with van der Waals surface area (Å²) in [4.78, 5) is 0. The minimum Gasteiger partial charge on any atom is -0.548 e. The van der Waals surface area contributed by atoms with Crippen LogP contribution in [-0.4, -0.2) is 16.4 Å². The van der Waals surface area contributed by atoms with Gasteiger partial charge in [-0.05, 0) is 50.0 Å². The maximum atomic E-state index is 6.22. The highest BCUT2D eigenvalue weighted by molar-refractivity contribution is 6.76. The molecule has 1 atom stereocenters. The molecule has 0 aliphatic heterocycles. The molecule has 0 saturated heterocycles. The van der Waals surface area contributed by atoms with Gasteiger partial charge in [-0.3, -0.25) is 0 Å². The monoisotopic (exact) mass is 296 g/mol. The Balaban J connectivity index is 2.75. The first-order valence-electron chi connectivity index (χ1n) is 7.48. The van der Waals surface area contributed by atoms with Crippen LogP contribution >= 0.6 is 0 Å². The van der Waals surface area contributed by atoms with Crippen molar-refractivity contribution in [2.75, 3.05) is 0 Å². The van der Waals surface area contributed by atoms with Gasteiger partial charge in [0.2, 0.25) is 8.32 Å². The molecular weight excluding hydrogens is 264 g/mol. The van der Waals surface area contributed by atoms with E-state index >= 15 is 0 Å². The fourth-order valence-corrected chi connectivity index (χ4v) is 5.37. The highest BCUT2D eigenvalue weighted by Crippen LogP contribution is 2.44. The number of hydrogen-bond donors (Lipinski definition) is 0. The third kappa shape index (κ3) is 5.69. The molecule has 0 heterocycles. The van der Waals surface area contributed by atoms with Gasteiger partial charge in [-0.25, -0.2) is 0 Å². The standard InChI is InChI=1S/C16H32OSi2/c1-14(13-18(3,4)5)16(2)11-9-10-15(12-16)17-19(6,7)8/h10H,1,9,11-13H2,2-8H3/t16-/m0/s1. The van der Waals surface area contributed by atoms with Crippen LogP contribution in [0.1, 0.15) is 26.2 Å². The van der Waals surface area contributed by atoms with Crippen molar-refractivity contribution in [3.8, 4) is 0 Å². The van der Waals surface area contributed by atoms with E-state index in [1.807, 2.05) is 0 Å². The molecule has 0 saturated carbocycles. The van der Waals surface area contributed by atoms with Gasteiger partial charge in [0.05, 0.1) is 5.76 Å². The first-order valence-corrected chi connectivity index (χ1v) is 14.6. The van der Waals surface area contributed by atoms with Crippen LogP contribution in [0.25, 0.3) is 0 Å². The minimum absolute atomic E-state index is 0.254. The molecule has 0 aromatic heterocycles. The molecule has 3 heteroatoms. The lowest BCUT2D eigenvalue weighted by atomic mass is 9.73. The van der Waals surface area contributed by atoms with Crippen LogP contribution in [0.4, 0.5) is 0 Å². The lowest BCUT2D eigenvalue weighted by molar-refractivity contribution is 0.273. The molecule has 0 aromatic rings. The summed E-state index contributed by atoms with van der Waals surface area (Å²) in [7, 11) is -2.55. The Hall–Kier alpha value is -0.286. The Labute approximate surface area is 122 Å². The molecule has 0 bridgehead atoms. The molecule has 1 aliphatic carbocycles. The van der Waals surface area contributed by atoms with Crippen LogP contribution in [0.3, 0.4) is 0 Å². The van der Waals surface area contributed by atoms with Crippen LogP contribution in [0, 0.1) is 5.41 Å². The quantitative estimate of drug-likeness (QED) is 0.460. The predicted octanol–water partition coefficient (Wildman–Crippen LogP) is 5.81. The van der Waals surface area contributed by atoms with Crippen molar-refractivity contribution in [2.24, 2.45) is 5.41 Å². The topological polar surface area (TPSA) is 9.23 Å². The fraction of sp³-hybridized carbons (Fsp3) is 0.750. The molecule has 1 aliphatic rings. The lowest BCUT2D eigenvalue weighted by Crippen LogP contribution is -2.32. The molecule has 0 radical (unpaired) electrons. The summed E-state index contributed by atoms with van der Waals surface area (Å²) in [5, 5.41) is 0. The van der Waals surface area contributed by atoms with Gasteiger partial charge in [-0.2, -0.15) is 0 Å². The summed E-state index contributed by atoms with van der Waals surface area (Å²) in [6.07, 6.45) is 5.73. The van der Waals surface area contributed by atoms with E-state index in [9.17, 15) is 0 Å². The average Bonchev–Trinajstić information content (AvgIpc) is 2.11. The van der Waals surface area contributed by atoms with Gasteiger partial charge in [0, 0.05) is 14.5 Å². The second-order valence-electron chi connectivity index (χ2n) is 8.50. The third-order valence-electron chi connectivity index (χ3n) is 3.67. The molecule has 0 fully saturated rings. The predicted molar refractivity (Wildman–Crippen MR) is 91.8 cm³/mol. The fourth-order valence-electron chi connectivity index (χ4n) is 2.72. The first-order chi connectivity index (χ1) is 8.41. The maximum absolute atomic E-state index is 6.22. The summed E-state index contributed by atoms with van der Waals surface area (Å²) in [5.74, 6) is 1.23. The SMILES string of the molecule is C=C(C[Si](C)(C)C)[C@@]1(C)CCC=C(O[Si](C)(C)C)C1. The van der Waals surface area contributed by atoms with E-state index in [2.05, 4.69) is 58.9 Å². The molecule has 1 nitrogen and oxygen atoms in total. The highest BCUT2D eigenvalue weighted by atomic mass is 28.4. The van der Waals surface area contributed by atoms with Crippen molar-refractivity contribution in [3.05, 3.63) is 24.0 Å². The van der Waals surface area contributed by atoms with Crippen molar-refractivity contribution in [1.29, 1.82) is 0 Å². The van der Waals surface area contributed by atoms with E-state index < -0.39 is 16.4 Å². The Morgan fingerprint density at radius 2 is 1.84 bits per heavy atom. The van der Waals surface area contributed by atoms with E-state index in [1.165, 1.54) is 23.8 Å². The molecule has 110 valence electrons. The van der Waals surface area contributed by atoms with E-state index in [4.69, 9.17) is 4.43 Å². The van der Waals surface area contributed by atoms with Crippen molar-refractivity contribution < 1.29 is 4.43 Å². The van der Waals surface area contributed by atoms with Gasteiger partial charge in [0.25, 0.3) is 0 Å². The molecule has 0 amide bonds. The van der Waals surface area contributed by atoms with Gasteiger partial charge in [0.15, 0.2) is 0 Å². The normalized spacial score (nSPS) is 24.9. The summed E-state index contributed by atoms with van der Waals surface area (Å²) < 4.78 is 6.22. The zero-order valence-corrected chi connectivity index (χ0v) is 16.0. The van der Waals surface area contributed by atoms with Gasteiger partial charge in [0.1, 0.15) is 0 Å². The van der Waals surface area contributed by atoms with E-state index in [0.717, 1.165) is 12.8 Å². The maximum Gasteiger partial charge on any atom is 0.241 e. The van der Waals surface area contributed by atoms with Gasteiger partial charge in [-0.1, -0.05) is 38.7 Å². The van der Waals surface area contributed by atoms with E-state index in [0.29, 0.717) is 0 Å². The second-order valence-corrected chi connectivity index (χ2v) is 18.4. The molecular formula is C16H32OSi2.